The predicted molar refractivity (Wildman–Crippen MR) is 195 cm³/mol. The molecule has 2 aromatic carbocycles. The SMILES string of the molecule is Cc1c(N2CCC(C)(C)CC2)oc2c(C(C)Nc3ccc(Cl)nc3-c3ccc(B4OC(C)(C)C(C)(C)O4)c(C=O)c3)cc(C(F)(F)F)cc2c1=O. The maximum atomic E-state index is 14.3. The lowest BCUT2D eigenvalue weighted by atomic mass is 9.75. The fourth-order valence-corrected chi connectivity index (χ4v) is 6.75. The Bertz CT molecular complexity index is 2050. The Morgan fingerprint density at radius 1 is 1.00 bits per heavy atom. The van der Waals surface area contributed by atoms with E-state index in [9.17, 15) is 22.8 Å². The van der Waals surface area contributed by atoms with Crippen molar-refractivity contribution in [2.75, 3.05) is 23.3 Å². The van der Waals surface area contributed by atoms with Gasteiger partial charge in [0.1, 0.15) is 17.0 Å². The summed E-state index contributed by atoms with van der Waals surface area (Å²) in [6.07, 6.45) is -2.25. The van der Waals surface area contributed by atoms with Gasteiger partial charge in [0.15, 0.2) is 5.43 Å². The Hall–Kier alpha value is -3.87. The van der Waals surface area contributed by atoms with E-state index in [0.29, 0.717) is 53.2 Å². The van der Waals surface area contributed by atoms with E-state index < -0.39 is 41.5 Å². The molecule has 0 saturated carbocycles. The van der Waals surface area contributed by atoms with Gasteiger partial charge >= 0.3 is 13.3 Å². The van der Waals surface area contributed by atoms with Crippen molar-refractivity contribution in [3.8, 4) is 11.3 Å². The van der Waals surface area contributed by atoms with E-state index in [2.05, 4.69) is 24.1 Å². The largest absolute Gasteiger partial charge is 0.495 e. The molecule has 2 fully saturated rings. The summed E-state index contributed by atoms with van der Waals surface area (Å²) >= 11 is 6.35. The Labute approximate surface area is 300 Å². The molecular weight excluding hydrogens is 682 g/mol. The number of carbonyl (C=O) groups excluding carboxylic acids is 1. The Morgan fingerprint density at radius 2 is 1.65 bits per heavy atom. The zero-order chi connectivity index (χ0) is 37.3. The summed E-state index contributed by atoms with van der Waals surface area (Å²) in [6, 6.07) is 9.46. The molecule has 13 heteroatoms. The van der Waals surface area contributed by atoms with Gasteiger partial charge in [0, 0.05) is 29.8 Å². The molecule has 2 saturated heterocycles. The molecule has 4 heterocycles. The summed E-state index contributed by atoms with van der Waals surface area (Å²) in [7, 11) is -0.775. The van der Waals surface area contributed by atoms with E-state index in [1.165, 1.54) is 0 Å². The number of pyridine rings is 1. The summed E-state index contributed by atoms with van der Waals surface area (Å²) < 4.78 is 61.6. The van der Waals surface area contributed by atoms with Crippen molar-refractivity contribution < 1.29 is 31.7 Å². The lowest BCUT2D eigenvalue weighted by molar-refractivity contribution is -0.137. The molecule has 6 rings (SSSR count). The molecule has 0 spiro atoms. The van der Waals surface area contributed by atoms with E-state index in [-0.39, 0.29) is 32.7 Å². The van der Waals surface area contributed by atoms with Gasteiger partial charge in [-0.25, -0.2) is 4.98 Å². The summed E-state index contributed by atoms with van der Waals surface area (Å²) in [4.78, 5) is 32.6. The van der Waals surface area contributed by atoms with Crippen molar-refractivity contribution in [2.45, 2.75) is 91.7 Å². The van der Waals surface area contributed by atoms with Gasteiger partial charge in [-0.15, -0.1) is 0 Å². The van der Waals surface area contributed by atoms with Crippen LogP contribution in [0.1, 0.15) is 94.4 Å². The summed E-state index contributed by atoms with van der Waals surface area (Å²) in [6.45, 7) is 16.7. The third-order valence-electron chi connectivity index (χ3n) is 10.6. The molecule has 4 aromatic rings. The Kier molecular flexibility index (Phi) is 9.38. The second-order valence-corrected chi connectivity index (χ2v) is 15.8. The fraction of sp³-hybridized carbons (Fsp3) is 0.447. The van der Waals surface area contributed by atoms with Crippen LogP contribution in [0, 0.1) is 12.3 Å². The number of alkyl halides is 3. The van der Waals surface area contributed by atoms with Crippen molar-refractivity contribution in [1.82, 2.24) is 4.98 Å². The van der Waals surface area contributed by atoms with Crippen LogP contribution in [-0.4, -0.2) is 42.7 Å². The first-order valence-electron chi connectivity index (χ1n) is 17.0. The number of hydrogen-bond acceptors (Lipinski definition) is 8. The number of rotatable bonds is 7. The minimum atomic E-state index is -4.71. The molecule has 0 bridgehead atoms. The highest BCUT2D eigenvalue weighted by Crippen LogP contribution is 2.41. The molecule has 2 aliphatic rings. The third-order valence-corrected chi connectivity index (χ3v) is 10.9. The summed E-state index contributed by atoms with van der Waals surface area (Å²) in [5, 5.41) is 3.32. The van der Waals surface area contributed by atoms with Gasteiger partial charge in [-0.1, -0.05) is 37.6 Å². The second kappa shape index (κ2) is 13.0. The number of fused-ring (bicyclic) bond motifs is 1. The third kappa shape index (κ3) is 7.02. The number of piperidine rings is 1. The van der Waals surface area contributed by atoms with Gasteiger partial charge in [-0.05, 0) is 95.6 Å². The van der Waals surface area contributed by atoms with Crippen molar-refractivity contribution >= 4 is 53.0 Å². The van der Waals surface area contributed by atoms with Crippen LogP contribution in [0.2, 0.25) is 5.15 Å². The van der Waals surface area contributed by atoms with Gasteiger partial charge in [0.25, 0.3) is 0 Å². The number of aldehydes is 1. The van der Waals surface area contributed by atoms with Crippen LogP contribution in [0.25, 0.3) is 22.2 Å². The molecular formula is C38H42BClF3N3O5. The predicted octanol–water partition coefficient (Wildman–Crippen LogP) is 8.75. The number of nitrogens with one attached hydrogen (secondary N) is 1. The minimum absolute atomic E-state index is 0.0805. The first kappa shape index (κ1) is 36.9. The van der Waals surface area contributed by atoms with Gasteiger partial charge in [-0.2, -0.15) is 13.2 Å². The van der Waals surface area contributed by atoms with Crippen LogP contribution in [0.4, 0.5) is 24.7 Å². The maximum Gasteiger partial charge on any atom is 0.495 e. The first-order chi connectivity index (χ1) is 23.7. The highest BCUT2D eigenvalue weighted by molar-refractivity contribution is 6.63. The highest BCUT2D eigenvalue weighted by atomic mass is 35.5. The van der Waals surface area contributed by atoms with Crippen LogP contribution in [-0.2, 0) is 15.5 Å². The van der Waals surface area contributed by atoms with Gasteiger partial charge in [0.2, 0.25) is 5.88 Å². The normalized spacial score (nSPS) is 19.0. The molecule has 2 aliphatic heterocycles. The zero-order valence-corrected chi connectivity index (χ0v) is 30.8. The first-order valence-corrected chi connectivity index (χ1v) is 17.4. The molecule has 2 aromatic heterocycles. The lowest BCUT2D eigenvalue weighted by Gasteiger charge is -2.37. The van der Waals surface area contributed by atoms with E-state index in [1.807, 2.05) is 32.6 Å². The van der Waals surface area contributed by atoms with Crippen LogP contribution < -0.4 is 21.1 Å². The molecule has 1 unspecified atom stereocenters. The average molecular weight is 724 g/mol. The van der Waals surface area contributed by atoms with Gasteiger partial charge in [-0.3, -0.25) is 9.59 Å². The topological polar surface area (TPSA) is 93.9 Å². The number of nitrogens with zero attached hydrogens (tertiary/aromatic N) is 2. The summed E-state index contributed by atoms with van der Waals surface area (Å²) in [5.41, 5.74) is 0.140. The molecule has 1 atom stereocenters. The molecule has 270 valence electrons. The molecule has 0 aliphatic carbocycles. The number of carbonyl (C=O) groups is 1. The van der Waals surface area contributed by atoms with E-state index >= 15 is 0 Å². The van der Waals surface area contributed by atoms with Crippen LogP contribution in [0.15, 0.2) is 51.7 Å². The number of anilines is 2. The highest BCUT2D eigenvalue weighted by Gasteiger charge is 2.52. The molecule has 0 radical (unpaired) electrons. The van der Waals surface area contributed by atoms with Gasteiger partial charge < -0.3 is 23.9 Å². The maximum absolute atomic E-state index is 14.3. The number of hydrogen-bond donors (Lipinski definition) is 1. The smallest absolute Gasteiger partial charge is 0.440 e. The van der Waals surface area contributed by atoms with Crippen LogP contribution in [0.3, 0.4) is 0 Å². The van der Waals surface area contributed by atoms with Crippen LogP contribution in [0.5, 0.6) is 0 Å². The summed E-state index contributed by atoms with van der Waals surface area (Å²) in [5.74, 6) is 0.369. The Morgan fingerprint density at radius 3 is 2.25 bits per heavy atom. The standard InChI is InChI=1S/C38H42BClF3N3O5/c1-21-32(48)27-19-25(38(41,42)43)18-26(33(27)49-34(21)46-15-13-35(3,4)14-16-46)22(2)44-29-11-12-30(40)45-31(29)23-9-10-28(24(17-23)20-47)39-50-36(5,6)37(7,8)51-39/h9-12,17-20,22,44H,13-16H2,1-8H3. The van der Waals surface area contributed by atoms with Crippen molar-refractivity contribution in [1.29, 1.82) is 0 Å². The monoisotopic (exact) mass is 723 g/mol. The van der Waals surface area contributed by atoms with Crippen molar-refractivity contribution in [3.05, 3.63) is 80.1 Å². The zero-order valence-electron chi connectivity index (χ0n) is 30.0. The molecule has 8 nitrogen and oxygen atoms in total. The molecule has 1 N–H and O–H groups in total. The number of halogens is 4. The quantitative estimate of drug-likeness (QED) is 0.115. The molecule has 0 amide bonds. The number of benzene rings is 2. The fourth-order valence-electron chi connectivity index (χ4n) is 6.60. The van der Waals surface area contributed by atoms with Gasteiger partial charge in [0.05, 0.1) is 45.1 Å². The van der Waals surface area contributed by atoms with Crippen LogP contribution >= 0.6 is 11.6 Å². The van der Waals surface area contributed by atoms with Crippen molar-refractivity contribution in [3.63, 3.8) is 0 Å². The van der Waals surface area contributed by atoms with E-state index in [0.717, 1.165) is 25.0 Å². The van der Waals surface area contributed by atoms with Crippen molar-refractivity contribution in [2.24, 2.45) is 5.41 Å². The van der Waals surface area contributed by atoms with E-state index in [4.69, 9.17) is 25.3 Å². The minimum Gasteiger partial charge on any atom is -0.440 e. The lowest BCUT2D eigenvalue weighted by Crippen LogP contribution is -2.41. The van der Waals surface area contributed by atoms with E-state index in [1.54, 1.807) is 44.2 Å². The number of aromatic nitrogens is 1. The average Bonchev–Trinajstić information content (AvgIpc) is 3.28. The Balaban J connectivity index is 1.41. The second-order valence-electron chi connectivity index (χ2n) is 15.4. The molecule has 51 heavy (non-hydrogen) atoms.